The molecule has 0 bridgehead atoms. The van der Waals surface area contributed by atoms with Crippen molar-refractivity contribution in [2.75, 3.05) is 0 Å². The lowest BCUT2D eigenvalue weighted by Crippen LogP contribution is -2.15. The Labute approximate surface area is 242 Å². The van der Waals surface area contributed by atoms with Crippen molar-refractivity contribution in [2.45, 2.75) is 89.6 Å². The first-order chi connectivity index (χ1) is 19.4. The molecule has 3 aromatic rings. The van der Waals surface area contributed by atoms with Crippen molar-refractivity contribution in [2.24, 2.45) is 0 Å². The Kier molecular flexibility index (Phi) is 13.0. The second-order valence-electron chi connectivity index (χ2n) is 10.0. The van der Waals surface area contributed by atoms with Crippen molar-refractivity contribution in [3.8, 4) is 5.75 Å². The monoisotopic (exact) mass is 560 g/mol. The third-order valence-corrected chi connectivity index (χ3v) is 7.56. The molecule has 40 heavy (non-hydrogen) atoms. The van der Waals surface area contributed by atoms with Gasteiger partial charge in [0, 0.05) is 10.5 Å². The number of carbonyl (C=O) groups excluding carboxylic acids is 3. The van der Waals surface area contributed by atoms with E-state index in [2.05, 4.69) is 13.8 Å². The number of ether oxygens (including phenoxy) is 2. The van der Waals surface area contributed by atoms with E-state index in [4.69, 9.17) is 9.47 Å². The molecular weight excluding hydrogens is 520 g/mol. The zero-order valence-corrected chi connectivity index (χ0v) is 24.6. The van der Waals surface area contributed by atoms with Crippen LogP contribution in [-0.4, -0.2) is 23.2 Å². The molecule has 0 spiro atoms. The van der Waals surface area contributed by atoms with Gasteiger partial charge in [0.2, 0.25) is 5.12 Å². The molecule has 0 N–H and O–H groups in total. The van der Waals surface area contributed by atoms with Crippen LogP contribution >= 0.6 is 11.8 Å². The summed E-state index contributed by atoms with van der Waals surface area (Å²) in [5.74, 6) is -0.565. The molecule has 0 radical (unpaired) electrons. The number of hydrogen-bond donors (Lipinski definition) is 0. The van der Waals surface area contributed by atoms with Crippen LogP contribution in [0.3, 0.4) is 0 Å². The summed E-state index contributed by atoms with van der Waals surface area (Å²) < 4.78 is 11.0. The van der Waals surface area contributed by atoms with Gasteiger partial charge in [-0.15, -0.1) is 0 Å². The van der Waals surface area contributed by atoms with Gasteiger partial charge in [-0.3, -0.25) is 4.79 Å². The van der Waals surface area contributed by atoms with Gasteiger partial charge in [-0.05, 0) is 98.5 Å². The molecule has 0 amide bonds. The molecule has 1 atom stereocenters. The Morgan fingerprint density at radius 1 is 0.675 bits per heavy atom. The normalized spacial score (nSPS) is 11.6. The zero-order valence-electron chi connectivity index (χ0n) is 23.8. The number of esters is 2. The van der Waals surface area contributed by atoms with E-state index in [-0.39, 0.29) is 17.2 Å². The van der Waals surface area contributed by atoms with Crippen molar-refractivity contribution < 1.29 is 23.9 Å². The van der Waals surface area contributed by atoms with Crippen LogP contribution in [0.4, 0.5) is 0 Å². The second kappa shape index (κ2) is 16.7. The highest BCUT2D eigenvalue weighted by Crippen LogP contribution is 2.24. The molecule has 0 saturated carbocycles. The summed E-state index contributed by atoms with van der Waals surface area (Å²) in [5, 5.41) is -0.0417. The van der Waals surface area contributed by atoms with Gasteiger partial charge in [0.1, 0.15) is 5.75 Å². The van der Waals surface area contributed by atoms with Crippen molar-refractivity contribution in [1.82, 2.24) is 0 Å². The highest BCUT2D eigenvalue weighted by molar-refractivity contribution is 8.14. The van der Waals surface area contributed by atoms with Gasteiger partial charge in [0.15, 0.2) is 0 Å². The molecule has 0 saturated heterocycles. The van der Waals surface area contributed by atoms with E-state index in [0.29, 0.717) is 22.4 Å². The van der Waals surface area contributed by atoms with Crippen LogP contribution < -0.4 is 4.74 Å². The molecule has 0 aliphatic carbocycles. The molecule has 0 fully saturated rings. The topological polar surface area (TPSA) is 69.7 Å². The SMILES string of the molecule is CCCCCC[C@H](C)OC(=O)c1ccc(OC(=O)c2ccc(SC(=O)c3ccc(CCCCC)cc3)cc2)cc1. The minimum absolute atomic E-state index is 0.0417. The van der Waals surface area contributed by atoms with E-state index in [1.165, 1.54) is 31.2 Å². The van der Waals surface area contributed by atoms with Crippen molar-refractivity contribution >= 4 is 28.8 Å². The lowest BCUT2D eigenvalue weighted by Gasteiger charge is -2.13. The molecule has 212 valence electrons. The fourth-order valence-electron chi connectivity index (χ4n) is 4.20. The first-order valence-corrected chi connectivity index (χ1v) is 15.2. The van der Waals surface area contributed by atoms with Gasteiger partial charge in [-0.25, -0.2) is 9.59 Å². The van der Waals surface area contributed by atoms with Crippen LogP contribution in [0, 0.1) is 0 Å². The number of unbranched alkanes of at least 4 members (excludes halogenated alkanes) is 5. The number of benzene rings is 3. The van der Waals surface area contributed by atoms with E-state index in [1.54, 1.807) is 48.5 Å². The van der Waals surface area contributed by atoms with Gasteiger partial charge in [-0.2, -0.15) is 0 Å². The lowest BCUT2D eigenvalue weighted by molar-refractivity contribution is 0.0319. The van der Waals surface area contributed by atoms with Gasteiger partial charge in [-0.1, -0.05) is 70.2 Å². The van der Waals surface area contributed by atoms with Crippen molar-refractivity contribution in [1.29, 1.82) is 0 Å². The molecule has 3 rings (SSSR count). The molecule has 0 unspecified atom stereocenters. The summed E-state index contributed by atoms with van der Waals surface area (Å²) in [4.78, 5) is 38.5. The fourth-order valence-corrected chi connectivity index (χ4v) is 4.95. The van der Waals surface area contributed by atoms with E-state index < -0.39 is 5.97 Å². The van der Waals surface area contributed by atoms with Crippen molar-refractivity contribution in [3.05, 3.63) is 95.1 Å². The minimum atomic E-state index is -0.516. The van der Waals surface area contributed by atoms with Gasteiger partial charge < -0.3 is 9.47 Å². The fraction of sp³-hybridized carbons (Fsp3) is 0.382. The quantitative estimate of drug-likeness (QED) is 0.0799. The first kappa shape index (κ1) is 31.2. The maximum Gasteiger partial charge on any atom is 0.343 e. The Hall–Kier alpha value is -3.38. The smallest absolute Gasteiger partial charge is 0.343 e. The maximum absolute atomic E-state index is 12.7. The zero-order chi connectivity index (χ0) is 28.7. The summed E-state index contributed by atoms with van der Waals surface area (Å²) >= 11 is 1.13. The van der Waals surface area contributed by atoms with Crippen LogP contribution in [0.1, 0.15) is 109 Å². The Morgan fingerprint density at radius 3 is 1.90 bits per heavy atom. The number of thioether (sulfide) groups is 1. The van der Waals surface area contributed by atoms with E-state index in [9.17, 15) is 14.4 Å². The Bertz CT molecular complexity index is 1220. The predicted molar refractivity (Wildman–Crippen MR) is 161 cm³/mol. The van der Waals surface area contributed by atoms with E-state index in [0.717, 1.165) is 48.8 Å². The van der Waals surface area contributed by atoms with Gasteiger partial charge in [0.25, 0.3) is 0 Å². The number of carbonyl (C=O) groups is 3. The van der Waals surface area contributed by atoms with E-state index >= 15 is 0 Å². The summed E-state index contributed by atoms with van der Waals surface area (Å²) in [6.07, 6.45) is 9.84. The predicted octanol–water partition coefficient (Wildman–Crippen LogP) is 9.09. The third kappa shape index (κ3) is 10.3. The summed E-state index contributed by atoms with van der Waals surface area (Å²) in [7, 11) is 0. The van der Waals surface area contributed by atoms with Crippen LogP contribution in [-0.2, 0) is 11.2 Å². The average molecular weight is 561 g/mol. The lowest BCUT2D eigenvalue weighted by atomic mass is 10.1. The molecule has 3 aromatic carbocycles. The highest BCUT2D eigenvalue weighted by atomic mass is 32.2. The largest absolute Gasteiger partial charge is 0.459 e. The number of rotatable bonds is 15. The minimum Gasteiger partial charge on any atom is -0.459 e. The number of hydrogen-bond acceptors (Lipinski definition) is 6. The van der Waals surface area contributed by atoms with Gasteiger partial charge in [0.05, 0.1) is 17.2 Å². The summed E-state index contributed by atoms with van der Waals surface area (Å²) in [5.41, 5.74) is 2.68. The van der Waals surface area contributed by atoms with Gasteiger partial charge >= 0.3 is 11.9 Å². The Balaban J connectivity index is 1.47. The standard InChI is InChI=1S/C34H40O5S/c1-4-6-8-10-11-25(3)38-32(35)27-17-21-30(22-18-27)39-33(36)28-19-23-31(24-20-28)40-34(37)29-15-13-26(14-16-29)12-9-7-5-2/h13-25H,4-12H2,1-3H3/t25-/m0/s1. The molecule has 0 heterocycles. The third-order valence-electron chi connectivity index (χ3n) is 6.63. The first-order valence-electron chi connectivity index (χ1n) is 14.3. The van der Waals surface area contributed by atoms with Crippen LogP contribution in [0.2, 0.25) is 0 Å². The number of aryl methyl sites for hydroxylation is 1. The molecule has 5 nitrogen and oxygen atoms in total. The molecule has 0 aliphatic rings. The molecule has 0 aliphatic heterocycles. The highest BCUT2D eigenvalue weighted by Gasteiger charge is 2.14. The van der Waals surface area contributed by atoms with Crippen molar-refractivity contribution in [3.63, 3.8) is 0 Å². The van der Waals surface area contributed by atoms with Crippen LogP contribution in [0.15, 0.2) is 77.7 Å². The van der Waals surface area contributed by atoms with Crippen LogP contribution in [0.25, 0.3) is 0 Å². The molecular formula is C34H40O5S. The summed E-state index contributed by atoms with van der Waals surface area (Å²) in [6.45, 7) is 6.26. The average Bonchev–Trinajstić information content (AvgIpc) is 2.96. The molecule has 6 heteroatoms. The van der Waals surface area contributed by atoms with Crippen LogP contribution in [0.5, 0.6) is 5.75 Å². The molecule has 0 aromatic heterocycles. The Morgan fingerprint density at radius 2 is 1.25 bits per heavy atom. The van der Waals surface area contributed by atoms with E-state index in [1.807, 2.05) is 31.2 Å². The summed E-state index contributed by atoms with van der Waals surface area (Å²) in [6, 6.07) is 20.9. The maximum atomic E-state index is 12.7. The second-order valence-corrected chi connectivity index (χ2v) is 11.1.